The SMILES string of the molecule is CCCNC(Cc1ccccc1Cl)c1cc(Cl)cc(Br)c1. The molecule has 112 valence electrons. The summed E-state index contributed by atoms with van der Waals surface area (Å²) in [6, 6.07) is 14.2. The number of benzene rings is 2. The maximum Gasteiger partial charge on any atom is 0.0438 e. The molecule has 0 fully saturated rings. The second kappa shape index (κ2) is 8.19. The summed E-state index contributed by atoms with van der Waals surface area (Å²) in [7, 11) is 0. The van der Waals surface area contributed by atoms with E-state index in [1.807, 2.05) is 30.3 Å². The first kappa shape index (κ1) is 16.8. The molecule has 2 aromatic rings. The fourth-order valence-corrected chi connectivity index (χ4v) is 3.39. The Kier molecular flexibility index (Phi) is 6.56. The normalized spacial score (nSPS) is 12.4. The van der Waals surface area contributed by atoms with Gasteiger partial charge in [-0.15, -0.1) is 0 Å². The molecule has 0 spiro atoms. The smallest absolute Gasteiger partial charge is 0.0438 e. The van der Waals surface area contributed by atoms with Gasteiger partial charge in [-0.2, -0.15) is 0 Å². The molecule has 21 heavy (non-hydrogen) atoms. The lowest BCUT2D eigenvalue weighted by Gasteiger charge is -2.20. The van der Waals surface area contributed by atoms with Crippen LogP contribution in [-0.4, -0.2) is 6.54 Å². The maximum atomic E-state index is 6.29. The Hall–Kier alpha value is -0.540. The molecule has 0 aromatic heterocycles. The lowest BCUT2D eigenvalue weighted by Crippen LogP contribution is -2.24. The third kappa shape index (κ3) is 5.00. The Morgan fingerprint density at radius 2 is 1.90 bits per heavy atom. The van der Waals surface area contributed by atoms with Gasteiger partial charge in [0.25, 0.3) is 0 Å². The second-order valence-corrected chi connectivity index (χ2v) is 6.76. The van der Waals surface area contributed by atoms with Crippen LogP contribution >= 0.6 is 39.1 Å². The summed E-state index contributed by atoms with van der Waals surface area (Å²) in [5.41, 5.74) is 2.31. The first-order valence-electron chi connectivity index (χ1n) is 7.03. The van der Waals surface area contributed by atoms with Gasteiger partial charge in [0.15, 0.2) is 0 Å². The molecule has 0 aliphatic rings. The maximum absolute atomic E-state index is 6.29. The molecule has 0 amide bonds. The van der Waals surface area contributed by atoms with Crippen LogP contribution in [0.1, 0.15) is 30.5 Å². The molecule has 0 saturated carbocycles. The molecule has 0 aliphatic heterocycles. The van der Waals surface area contributed by atoms with Crippen molar-refractivity contribution in [2.45, 2.75) is 25.8 Å². The Morgan fingerprint density at radius 3 is 2.57 bits per heavy atom. The highest BCUT2D eigenvalue weighted by atomic mass is 79.9. The fraction of sp³-hybridized carbons (Fsp3) is 0.294. The van der Waals surface area contributed by atoms with Gasteiger partial charge in [0, 0.05) is 20.6 Å². The molecule has 0 bridgehead atoms. The number of nitrogens with one attached hydrogen (secondary N) is 1. The average Bonchev–Trinajstić information content (AvgIpc) is 2.44. The third-order valence-electron chi connectivity index (χ3n) is 3.31. The molecule has 2 aromatic carbocycles. The number of hydrogen-bond donors (Lipinski definition) is 1. The lowest BCUT2D eigenvalue weighted by atomic mass is 9.98. The molecule has 0 aliphatic carbocycles. The van der Waals surface area contributed by atoms with Crippen LogP contribution in [-0.2, 0) is 6.42 Å². The fourth-order valence-electron chi connectivity index (χ4n) is 2.29. The molecule has 2 rings (SSSR count). The van der Waals surface area contributed by atoms with Gasteiger partial charge in [-0.25, -0.2) is 0 Å². The zero-order chi connectivity index (χ0) is 15.2. The van der Waals surface area contributed by atoms with Crippen molar-refractivity contribution in [3.05, 3.63) is 68.1 Å². The van der Waals surface area contributed by atoms with E-state index in [4.69, 9.17) is 23.2 Å². The van der Waals surface area contributed by atoms with Gasteiger partial charge >= 0.3 is 0 Å². The molecule has 0 heterocycles. The van der Waals surface area contributed by atoms with Crippen molar-refractivity contribution < 1.29 is 0 Å². The molecule has 1 N–H and O–H groups in total. The molecule has 1 unspecified atom stereocenters. The van der Waals surface area contributed by atoms with E-state index in [1.165, 1.54) is 5.56 Å². The molecular formula is C17H18BrCl2N. The lowest BCUT2D eigenvalue weighted by molar-refractivity contribution is 0.529. The van der Waals surface area contributed by atoms with Gasteiger partial charge in [0.1, 0.15) is 0 Å². The minimum Gasteiger partial charge on any atom is -0.310 e. The second-order valence-electron chi connectivity index (χ2n) is 5.01. The summed E-state index contributed by atoms with van der Waals surface area (Å²) < 4.78 is 0.993. The molecule has 0 saturated heterocycles. The van der Waals surface area contributed by atoms with Crippen LogP contribution in [0.15, 0.2) is 46.9 Å². The summed E-state index contributed by atoms with van der Waals surface area (Å²) in [6.45, 7) is 3.12. The number of hydrogen-bond acceptors (Lipinski definition) is 1. The van der Waals surface area contributed by atoms with E-state index in [-0.39, 0.29) is 6.04 Å². The Morgan fingerprint density at radius 1 is 1.14 bits per heavy atom. The van der Waals surface area contributed by atoms with Gasteiger partial charge in [-0.1, -0.05) is 64.3 Å². The van der Waals surface area contributed by atoms with E-state index in [2.05, 4.69) is 40.3 Å². The van der Waals surface area contributed by atoms with E-state index in [1.54, 1.807) is 0 Å². The van der Waals surface area contributed by atoms with Crippen LogP contribution < -0.4 is 5.32 Å². The third-order valence-corrected chi connectivity index (χ3v) is 4.35. The highest BCUT2D eigenvalue weighted by Gasteiger charge is 2.14. The van der Waals surface area contributed by atoms with Crippen LogP contribution in [0.4, 0.5) is 0 Å². The average molecular weight is 387 g/mol. The van der Waals surface area contributed by atoms with Gasteiger partial charge in [0.05, 0.1) is 0 Å². The van der Waals surface area contributed by atoms with Crippen molar-refractivity contribution in [1.29, 1.82) is 0 Å². The van der Waals surface area contributed by atoms with Crippen molar-refractivity contribution in [2.75, 3.05) is 6.54 Å². The van der Waals surface area contributed by atoms with Crippen LogP contribution in [0.3, 0.4) is 0 Å². The standard InChI is InChI=1S/C17H18BrCl2N/c1-2-7-21-17(10-12-5-3-4-6-16(12)20)13-8-14(18)11-15(19)9-13/h3-6,8-9,11,17,21H,2,7,10H2,1H3. The van der Waals surface area contributed by atoms with Crippen LogP contribution in [0.5, 0.6) is 0 Å². The first-order chi connectivity index (χ1) is 10.1. The molecule has 1 atom stereocenters. The van der Waals surface area contributed by atoms with Crippen molar-refractivity contribution in [3.8, 4) is 0 Å². The van der Waals surface area contributed by atoms with Gasteiger partial charge < -0.3 is 5.32 Å². The zero-order valence-corrected chi connectivity index (χ0v) is 15.0. The Balaban J connectivity index is 2.27. The highest BCUT2D eigenvalue weighted by molar-refractivity contribution is 9.10. The summed E-state index contributed by atoms with van der Waals surface area (Å²) in [4.78, 5) is 0. The molecule has 1 nitrogen and oxygen atoms in total. The topological polar surface area (TPSA) is 12.0 Å². The minimum absolute atomic E-state index is 0.194. The van der Waals surface area contributed by atoms with Crippen molar-refractivity contribution in [2.24, 2.45) is 0 Å². The van der Waals surface area contributed by atoms with Gasteiger partial charge in [-0.3, -0.25) is 0 Å². The highest BCUT2D eigenvalue weighted by Crippen LogP contribution is 2.28. The minimum atomic E-state index is 0.194. The quantitative estimate of drug-likeness (QED) is 0.638. The molecule has 0 radical (unpaired) electrons. The predicted molar refractivity (Wildman–Crippen MR) is 95.3 cm³/mol. The summed E-state index contributed by atoms with van der Waals surface area (Å²) in [6.07, 6.45) is 1.92. The molecular weight excluding hydrogens is 369 g/mol. The molecule has 4 heteroatoms. The van der Waals surface area contributed by atoms with Crippen molar-refractivity contribution >= 4 is 39.1 Å². The predicted octanol–water partition coefficient (Wildman–Crippen LogP) is 6.04. The summed E-state index contributed by atoms with van der Waals surface area (Å²) in [5.74, 6) is 0. The van der Waals surface area contributed by atoms with Crippen LogP contribution in [0.25, 0.3) is 0 Å². The summed E-state index contributed by atoms with van der Waals surface area (Å²) >= 11 is 16.0. The monoisotopic (exact) mass is 385 g/mol. The summed E-state index contributed by atoms with van der Waals surface area (Å²) in [5, 5.41) is 5.12. The first-order valence-corrected chi connectivity index (χ1v) is 8.58. The van der Waals surface area contributed by atoms with Gasteiger partial charge in [0.2, 0.25) is 0 Å². The van der Waals surface area contributed by atoms with E-state index >= 15 is 0 Å². The zero-order valence-electron chi connectivity index (χ0n) is 11.9. The van der Waals surface area contributed by atoms with E-state index in [9.17, 15) is 0 Å². The van der Waals surface area contributed by atoms with Crippen LogP contribution in [0.2, 0.25) is 10.0 Å². The van der Waals surface area contributed by atoms with Crippen molar-refractivity contribution in [1.82, 2.24) is 5.32 Å². The van der Waals surface area contributed by atoms with Gasteiger partial charge in [-0.05, 0) is 54.8 Å². The van der Waals surface area contributed by atoms with E-state index in [0.29, 0.717) is 0 Å². The Bertz CT molecular complexity index is 581. The van der Waals surface area contributed by atoms with Crippen LogP contribution in [0, 0.1) is 0 Å². The van der Waals surface area contributed by atoms with E-state index in [0.717, 1.165) is 39.5 Å². The largest absolute Gasteiger partial charge is 0.310 e. The van der Waals surface area contributed by atoms with Crippen molar-refractivity contribution in [3.63, 3.8) is 0 Å². The number of rotatable bonds is 6. The van der Waals surface area contributed by atoms with E-state index < -0.39 is 0 Å². The Labute approximate surface area is 144 Å². The number of halogens is 3.